The smallest absolute Gasteiger partial charge is 0.319 e. The zero-order valence-electron chi connectivity index (χ0n) is 29.4. The van der Waals surface area contributed by atoms with E-state index < -0.39 is 41.4 Å². The minimum Gasteiger partial charge on any atom is -0.463 e. The van der Waals surface area contributed by atoms with Crippen molar-refractivity contribution in [2.45, 2.75) is 123 Å². The fraction of sp³-hybridized carbons (Fsp3) is 0.909. The van der Waals surface area contributed by atoms with Crippen molar-refractivity contribution in [2.24, 2.45) is 17.3 Å². The molecule has 0 bridgehead atoms. The van der Waals surface area contributed by atoms with Gasteiger partial charge in [0.25, 0.3) is 0 Å². The molecule has 256 valence electrons. The SMILES string of the molecule is CCCN(C)[C@H](COC(=O)C(C)(C)C(=O)[C@H](C)[C@@H](O[C@@H]1O[C@H](C)C[C@H](N(C)C)[C@H]1O)C(C)(CC)OC)[C@H]1CCN(C(C)=O)C1. The highest BCUT2D eigenvalue weighted by atomic mass is 16.7. The van der Waals surface area contributed by atoms with E-state index in [9.17, 15) is 19.5 Å². The number of Topliss-reactive ketones (excluding diaryl/α,β-unsaturated/α-hetero) is 1. The monoisotopic (exact) mass is 627 g/mol. The van der Waals surface area contributed by atoms with Crippen molar-refractivity contribution < 1.29 is 38.4 Å². The van der Waals surface area contributed by atoms with Crippen LogP contribution in [0.1, 0.15) is 81.1 Å². The Balaban J connectivity index is 2.26. The van der Waals surface area contributed by atoms with Crippen molar-refractivity contribution >= 4 is 17.7 Å². The fourth-order valence-corrected chi connectivity index (χ4v) is 6.73. The Morgan fingerprint density at radius 1 is 1.14 bits per heavy atom. The lowest BCUT2D eigenvalue weighted by atomic mass is 9.75. The van der Waals surface area contributed by atoms with Crippen LogP contribution in [0, 0.1) is 17.3 Å². The van der Waals surface area contributed by atoms with Crippen molar-refractivity contribution in [1.82, 2.24) is 14.7 Å². The molecule has 1 N–H and O–H groups in total. The molecule has 0 radical (unpaired) electrons. The Labute approximate surface area is 265 Å². The fourth-order valence-electron chi connectivity index (χ4n) is 6.73. The molecule has 2 aliphatic heterocycles. The first-order valence-electron chi connectivity index (χ1n) is 16.3. The molecule has 2 heterocycles. The predicted octanol–water partition coefficient (Wildman–Crippen LogP) is 2.97. The zero-order chi connectivity index (χ0) is 33.6. The maximum absolute atomic E-state index is 14.1. The average Bonchev–Trinajstić information content (AvgIpc) is 3.46. The van der Waals surface area contributed by atoms with Gasteiger partial charge in [0, 0.05) is 45.1 Å². The number of aliphatic hydroxyl groups excluding tert-OH is 1. The summed E-state index contributed by atoms with van der Waals surface area (Å²) < 4.78 is 24.3. The third-order valence-corrected chi connectivity index (χ3v) is 10.1. The van der Waals surface area contributed by atoms with Gasteiger partial charge in [0.05, 0.1) is 17.8 Å². The van der Waals surface area contributed by atoms with E-state index in [0.29, 0.717) is 25.9 Å². The van der Waals surface area contributed by atoms with Gasteiger partial charge in [0.15, 0.2) is 12.1 Å². The summed E-state index contributed by atoms with van der Waals surface area (Å²) in [5.74, 6) is -1.51. The first-order valence-corrected chi connectivity index (χ1v) is 16.3. The first-order chi connectivity index (χ1) is 20.4. The van der Waals surface area contributed by atoms with Crippen LogP contribution in [0.5, 0.6) is 0 Å². The molecule has 0 aromatic carbocycles. The van der Waals surface area contributed by atoms with Crippen LogP contribution in [0.25, 0.3) is 0 Å². The summed E-state index contributed by atoms with van der Waals surface area (Å²) in [5, 5.41) is 11.2. The minimum atomic E-state index is -1.47. The van der Waals surface area contributed by atoms with Crippen LogP contribution in [-0.2, 0) is 33.3 Å². The molecule has 1 unspecified atom stereocenters. The largest absolute Gasteiger partial charge is 0.463 e. The number of hydrogen-bond donors (Lipinski definition) is 1. The molecule has 2 saturated heterocycles. The first kappa shape index (κ1) is 38.6. The number of likely N-dealkylation sites (N-methyl/N-ethyl adjacent to an activating group) is 2. The van der Waals surface area contributed by atoms with E-state index in [-0.39, 0.29) is 42.4 Å². The summed E-state index contributed by atoms with van der Waals surface area (Å²) in [4.78, 5) is 45.7. The minimum absolute atomic E-state index is 0.0480. The van der Waals surface area contributed by atoms with Crippen LogP contribution in [-0.4, -0.2) is 134 Å². The Kier molecular flexibility index (Phi) is 14.3. The summed E-state index contributed by atoms with van der Waals surface area (Å²) in [6.07, 6.45) is 0.0562. The highest BCUT2D eigenvalue weighted by Crippen LogP contribution is 2.36. The number of ether oxygens (including phenoxy) is 4. The molecule has 0 saturated carbocycles. The lowest BCUT2D eigenvalue weighted by molar-refractivity contribution is -0.294. The molecule has 0 aromatic rings. The number of hydrogen-bond acceptors (Lipinski definition) is 10. The Hall–Kier alpha value is -1.63. The molecule has 0 spiro atoms. The number of carbonyl (C=O) groups excluding carboxylic acids is 3. The van der Waals surface area contributed by atoms with E-state index in [2.05, 4.69) is 11.8 Å². The summed E-state index contributed by atoms with van der Waals surface area (Å²) in [6.45, 7) is 16.6. The van der Waals surface area contributed by atoms with Gasteiger partial charge >= 0.3 is 5.97 Å². The molecule has 0 aromatic heterocycles. The number of methoxy groups -OCH3 is 1. The molecule has 2 fully saturated rings. The van der Waals surface area contributed by atoms with Crippen molar-refractivity contribution in [3.63, 3.8) is 0 Å². The van der Waals surface area contributed by atoms with Crippen molar-refractivity contribution in [2.75, 3.05) is 54.5 Å². The van der Waals surface area contributed by atoms with Gasteiger partial charge in [-0.2, -0.15) is 0 Å². The van der Waals surface area contributed by atoms with Crippen molar-refractivity contribution in [3.05, 3.63) is 0 Å². The lowest BCUT2D eigenvalue weighted by Crippen LogP contribution is -2.59. The standard InChI is InChI=1S/C33H61N3O8/c1-13-16-35(11)26(24-15-17-36(19-24)23(5)37)20-42-31(40)32(6,7)28(39)22(4)29(33(8,14-2)41-12)44-30-27(38)25(34(9)10)18-21(3)43-30/h21-22,24-27,29-30,38H,13-20H2,1-12H3/t21-,22+,24+,25+,26-,27-,29-,30+,33?/m1/s1. The third-order valence-electron chi connectivity index (χ3n) is 10.1. The highest BCUT2D eigenvalue weighted by Gasteiger charge is 2.50. The summed E-state index contributed by atoms with van der Waals surface area (Å²) in [6, 6.07) is -0.255. The normalized spacial score (nSPS) is 28.1. The van der Waals surface area contributed by atoms with Crippen LogP contribution in [0.2, 0.25) is 0 Å². The molecular formula is C33H61N3O8. The van der Waals surface area contributed by atoms with Gasteiger partial charge in [-0.25, -0.2) is 0 Å². The number of carbonyl (C=O) groups is 3. The molecule has 1 amide bonds. The Morgan fingerprint density at radius 2 is 1.77 bits per heavy atom. The van der Waals surface area contributed by atoms with E-state index in [1.165, 1.54) is 0 Å². The quantitative estimate of drug-likeness (QED) is 0.202. The van der Waals surface area contributed by atoms with Gasteiger partial charge in [-0.05, 0) is 87.0 Å². The van der Waals surface area contributed by atoms with Gasteiger partial charge in [0.1, 0.15) is 18.1 Å². The molecule has 9 atom stereocenters. The van der Waals surface area contributed by atoms with Crippen molar-refractivity contribution in [1.29, 1.82) is 0 Å². The van der Waals surface area contributed by atoms with Crippen LogP contribution < -0.4 is 0 Å². The second kappa shape index (κ2) is 16.3. The van der Waals surface area contributed by atoms with Gasteiger partial charge in [-0.1, -0.05) is 20.8 Å². The lowest BCUT2D eigenvalue weighted by Gasteiger charge is -2.46. The molecule has 0 aliphatic carbocycles. The molecule has 44 heavy (non-hydrogen) atoms. The second-order valence-electron chi connectivity index (χ2n) is 13.9. The maximum atomic E-state index is 14.1. The Morgan fingerprint density at radius 3 is 2.27 bits per heavy atom. The van der Waals surface area contributed by atoms with E-state index in [1.54, 1.807) is 34.8 Å². The van der Waals surface area contributed by atoms with Crippen molar-refractivity contribution in [3.8, 4) is 0 Å². The van der Waals surface area contributed by atoms with Crippen LogP contribution in [0.15, 0.2) is 0 Å². The molecule has 11 heteroatoms. The number of likely N-dealkylation sites (tertiary alicyclic amines) is 1. The third kappa shape index (κ3) is 9.00. The zero-order valence-corrected chi connectivity index (χ0v) is 29.4. The number of esters is 1. The number of aliphatic hydroxyl groups is 1. The topological polar surface area (TPSA) is 118 Å². The second-order valence-corrected chi connectivity index (χ2v) is 13.9. The van der Waals surface area contributed by atoms with Crippen LogP contribution >= 0.6 is 0 Å². The van der Waals surface area contributed by atoms with Crippen LogP contribution in [0.4, 0.5) is 0 Å². The summed E-state index contributed by atoms with van der Waals surface area (Å²) >= 11 is 0. The number of rotatable bonds is 16. The summed E-state index contributed by atoms with van der Waals surface area (Å²) in [5.41, 5.74) is -2.37. The number of nitrogens with zero attached hydrogens (tertiary/aromatic N) is 3. The molecule has 2 rings (SSSR count). The van der Waals surface area contributed by atoms with E-state index in [4.69, 9.17) is 18.9 Å². The number of ketones is 1. The van der Waals surface area contributed by atoms with E-state index in [0.717, 1.165) is 19.4 Å². The van der Waals surface area contributed by atoms with E-state index in [1.807, 2.05) is 51.7 Å². The van der Waals surface area contributed by atoms with Crippen LogP contribution in [0.3, 0.4) is 0 Å². The maximum Gasteiger partial charge on any atom is 0.319 e. The van der Waals surface area contributed by atoms with Gasteiger partial charge in [0.2, 0.25) is 5.91 Å². The molecular weight excluding hydrogens is 566 g/mol. The Bertz CT molecular complexity index is 955. The van der Waals surface area contributed by atoms with E-state index >= 15 is 0 Å². The van der Waals surface area contributed by atoms with Gasteiger partial charge in [-0.15, -0.1) is 0 Å². The predicted molar refractivity (Wildman–Crippen MR) is 169 cm³/mol. The number of amides is 1. The summed E-state index contributed by atoms with van der Waals surface area (Å²) in [7, 11) is 7.40. The molecule has 2 aliphatic rings. The molecule has 11 nitrogen and oxygen atoms in total. The van der Waals surface area contributed by atoms with Gasteiger partial charge in [-0.3, -0.25) is 19.3 Å². The van der Waals surface area contributed by atoms with Gasteiger partial charge < -0.3 is 33.9 Å². The highest BCUT2D eigenvalue weighted by molar-refractivity contribution is 6.04. The average molecular weight is 628 g/mol.